The molecule has 12 heavy (non-hydrogen) atoms. The van der Waals surface area contributed by atoms with Crippen LogP contribution < -0.4 is 0 Å². The van der Waals surface area contributed by atoms with E-state index in [2.05, 4.69) is 0 Å². The quantitative estimate of drug-likeness (QED) is 0.443. The molecule has 0 radical (unpaired) electrons. The Kier molecular flexibility index (Phi) is 5.28. The molecule has 0 unspecified atom stereocenters. The zero-order chi connectivity index (χ0) is 9.56. The van der Waals surface area contributed by atoms with Gasteiger partial charge in [-0.15, -0.1) is 0 Å². The molecule has 0 atom stereocenters. The first-order valence-electron chi connectivity index (χ1n) is 2.92. The molecule has 0 fully saturated rings. The molecule has 0 bridgehead atoms. The van der Waals surface area contributed by atoms with Gasteiger partial charge in [0, 0.05) is 6.07 Å². The van der Waals surface area contributed by atoms with Gasteiger partial charge in [-0.05, 0) is 12.1 Å². The largest absolute Gasteiger partial charge is 0.508 e. The summed E-state index contributed by atoms with van der Waals surface area (Å²) in [5, 5.41) is 17.3. The maximum atomic E-state index is 8.81. The Morgan fingerprint density at radius 1 is 1.08 bits per heavy atom. The van der Waals surface area contributed by atoms with Gasteiger partial charge in [0.1, 0.15) is 11.5 Å². The Morgan fingerprint density at radius 2 is 1.42 bits per heavy atom. The molecule has 1 aromatic carbocycles. The van der Waals surface area contributed by atoms with Gasteiger partial charge in [-0.3, -0.25) is 0 Å². The molecule has 0 saturated heterocycles. The SMILES string of the molecule is O=[AsH](O)O.Oc1cccc(O)c1. The molecule has 5 nitrogen and oxygen atoms in total. The molecule has 0 aliphatic heterocycles. The second kappa shape index (κ2) is 5.71. The van der Waals surface area contributed by atoms with E-state index in [0.717, 1.165) is 0 Å². The van der Waals surface area contributed by atoms with Crippen molar-refractivity contribution in [3.05, 3.63) is 24.3 Å². The van der Waals surface area contributed by atoms with Gasteiger partial charge in [0.05, 0.1) is 0 Å². The maximum absolute atomic E-state index is 8.81. The summed E-state index contributed by atoms with van der Waals surface area (Å²) in [6, 6.07) is 5.85. The van der Waals surface area contributed by atoms with E-state index in [-0.39, 0.29) is 11.5 Å². The molecule has 0 amide bonds. The molecule has 0 spiro atoms. The Hall–Kier alpha value is -0.902. The fourth-order valence-corrected chi connectivity index (χ4v) is 0.493. The minimum Gasteiger partial charge on any atom is -0.508 e. The summed E-state index contributed by atoms with van der Waals surface area (Å²) in [5.41, 5.74) is 0. The third kappa shape index (κ3) is 7.21. The van der Waals surface area contributed by atoms with Gasteiger partial charge in [0.2, 0.25) is 0 Å². The van der Waals surface area contributed by atoms with Crippen molar-refractivity contribution in [3.63, 3.8) is 0 Å². The molecule has 4 N–H and O–H groups in total. The van der Waals surface area contributed by atoms with Crippen LogP contribution in [0.5, 0.6) is 11.5 Å². The molecule has 0 aromatic heterocycles. The van der Waals surface area contributed by atoms with E-state index < -0.39 is 15.3 Å². The zero-order valence-corrected chi connectivity index (χ0v) is 8.10. The summed E-state index contributed by atoms with van der Waals surface area (Å²) in [7, 11) is 0. The molecule has 6 heteroatoms. The average molecular weight is 236 g/mol. The molecule has 1 aromatic rings. The summed E-state index contributed by atoms with van der Waals surface area (Å²) >= 11 is -3.58. The molecule has 0 heterocycles. The third-order valence-corrected chi connectivity index (χ3v) is 0.830. The van der Waals surface area contributed by atoms with Gasteiger partial charge in [-0.2, -0.15) is 0 Å². The Morgan fingerprint density at radius 3 is 1.58 bits per heavy atom. The van der Waals surface area contributed by atoms with Crippen LogP contribution in [0.3, 0.4) is 0 Å². The Balaban J connectivity index is 0.000000261. The van der Waals surface area contributed by atoms with Gasteiger partial charge in [0.25, 0.3) is 0 Å². The molecule has 0 aliphatic rings. The number of hydrogen-bond acceptors (Lipinski definition) is 3. The van der Waals surface area contributed by atoms with Crippen LogP contribution in [0.2, 0.25) is 0 Å². The van der Waals surface area contributed by atoms with Crippen molar-refractivity contribution < 1.29 is 22.1 Å². The predicted molar refractivity (Wildman–Crippen MR) is 42.0 cm³/mol. The maximum Gasteiger partial charge on any atom is 0.119 e. The van der Waals surface area contributed by atoms with Crippen LogP contribution in [0.25, 0.3) is 0 Å². The van der Waals surface area contributed by atoms with Gasteiger partial charge in [-0.25, -0.2) is 0 Å². The summed E-state index contributed by atoms with van der Waals surface area (Å²) in [4.78, 5) is 0. The number of phenols is 2. The second-order valence-corrected chi connectivity index (χ2v) is 2.99. The monoisotopic (exact) mass is 236 g/mol. The zero-order valence-electron chi connectivity index (χ0n) is 6.01. The van der Waals surface area contributed by atoms with Crippen LogP contribution >= 0.6 is 0 Å². The van der Waals surface area contributed by atoms with E-state index in [1.807, 2.05) is 0 Å². The van der Waals surface area contributed by atoms with Crippen molar-refractivity contribution in [2.75, 3.05) is 0 Å². The standard InChI is InChI=1S/C6H6O2.AsH3O3/c7-5-2-1-3-6(8)4-5;2-1(3)4/h1-4,7-8H;1H,(H2,2,3,4). The summed E-state index contributed by atoms with van der Waals surface area (Å²) in [5.74, 6) is 0.176. The summed E-state index contributed by atoms with van der Waals surface area (Å²) < 4.78 is 23.2. The van der Waals surface area contributed by atoms with Crippen molar-refractivity contribution >= 4 is 15.3 Å². The molecule has 1 rings (SSSR count). The van der Waals surface area contributed by atoms with Crippen molar-refractivity contribution in [1.29, 1.82) is 0 Å². The van der Waals surface area contributed by atoms with Crippen molar-refractivity contribution in [2.24, 2.45) is 0 Å². The van der Waals surface area contributed by atoms with Crippen LogP contribution in [-0.4, -0.2) is 33.7 Å². The van der Waals surface area contributed by atoms with E-state index in [0.29, 0.717) is 0 Å². The smallest absolute Gasteiger partial charge is 0.119 e. The minimum atomic E-state index is -3.58. The molecular weight excluding hydrogens is 227 g/mol. The molecular formula is C6H9AsO5. The molecule has 0 aliphatic carbocycles. The Labute approximate surface area is 73.7 Å². The van der Waals surface area contributed by atoms with Crippen molar-refractivity contribution in [1.82, 2.24) is 0 Å². The fraction of sp³-hybridized carbons (Fsp3) is 0. The van der Waals surface area contributed by atoms with Crippen molar-refractivity contribution in [3.8, 4) is 11.5 Å². The number of aromatic hydroxyl groups is 2. The van der Waals surface area contributed by atoms with Gasteiger partial charge >= 0.3 is 27.2 Å². The molecule has 68 valence electrons. The van der Waals surface area contributed by atoms with Gasteiger partial charge in [0.15, 0.2) is 0 Å². The van der Waals surface area contributed by atoms with E-state index in [9.17, 15) is 0 Å². The predicted octanol–water partition coefficient (Wildman–Crippen LogP) is -0.784. The van der Waals surface area contributed by atoms with Crippen LogP contribution in [0.4, 0.5) is 0 Å². The number of phenolic OH excluding ortho intramolecular Hbond substituents is 2. The van der Waals surface area contributed by atoms with Crippen molar-refractivity contribution in [2.45, 2.75) is 0 Å². The third-order valence-electron chi connectivity index (χ3n) is 0.830. The van der Waals surface area contributed by atoms with E-state index in [4.69, 9.17) is 22.1 Å². The first kappa shape index (κ1) is 11.1. The van der Waals surface area contributed by atoms with Crippen LogP contribution in [-0.2, 0) is 3.74 Å². The number of benzene rings is 1. The topological polar surface area (TPSA) is 98.0 Å². The summed E-state index contributed by atoms with van der Waals surface area (Å²) in [6.07, 6.45) is 0. The van der Waals surface area contributed by atoms with E-state index >= 15 is 0 Å². The first-order chi connectivity index (χ1) is 5.52. The Bertz CT molecular complexity index is 241. The van der Waals surface area contributed by atoms with Gasteiger partial charge < -0.3 is 10.2 Å². The van der Waals surface area contributed by atoms with Crippen LogP contribution in [0, 0.1) is 0 Å². The fourth-order valence-electron chi connectivity index (χ4n) is 0.493. The van der Waals surface area contributed by atoms with E-state index in [1.54, 1.807) is 6.07 Å². The van der Waals surface area contributed by atoms with Gasteiger partial charge in [-0.1, -0.05) is 6.07 Å². The van der Waals surface area contributed by atoms with E-state index in [1.165, 1.54) is 18.2 Å². The minimum absolute atomic E-state index is 0.0880. The number of hydrogen-bond donors (Lipinski definition) is 4. The van der Waals surface area contributed by atoms with Crippen LogP contribution in [0.15, 0.2) is 24.3 Å². The normalized spacial score (nSPS) is 8.92. The molecule has 0 saturated carbocycles. The first-order valence-corrected chi connectivity index (χ1v) is 5.65. The van der Waals surface area contributed by atoms with Crippen LogP contribution in [0.1, 0.15) is 0 Å². The second-order valence-electron chi connectivity index (χ2n) is 1.80. The number of rotatable bonds is 0. The summed E-state index contributed by atoms with van der Waals surface area (Å²) in [6.45, 7) is 0. The average Bonchev–Trinajstić information content (AvgIpc) is 1.84.